The van der Waals surface area contributed by atoms with E-state index >= 15 is 0 Å². The first-order chi connectivity index (χ1) is 11.7. The summed E-state index contributed by atoms with van der Waals surface area (Å²) in [6.45, 7) is 8.59. The highest BCUT2D eigenvalue weighted by Gasteiger charge is 2.08. The van der Waals surface area contributed by atoms with Gasteiger partial charge in [0.1, 0.15) is 0 Å². The van der Waals surface area contributed by atoms with Gasteiger partial charge in [0.2, 0.25) is 4.80 Å². The molecule has 0 aliphatic carbocycles. The van der Waals surface area contributed by atoms with Gasteiger partial charge in [-0.2, -0.15) is 5.10 Å². The van der Waals surface area contributed by atoms with Gasteiger partial charge in [0.15, 0.2) is 0 Å². The standard InChI is InChI=1S/C19H19N3S2/c1-4-9-20-19-22(21-12-17-6-5-10-23-17)18(13-24-19)16-8-7-14(2)15(3)11-16/h4-8,10-13H,1,9H2,2-3H3. The Hall–Kier alpha value is -2.24. The van der Waals surface area contributed by atoms with Crippen molar-refractivity contribution in [1.82, 2.24) is 4.68 Å². The topological polar surface area (TPSA) is 29.6 Å². The van der Waals surface area contributed by atoms with Crippen molar-refractivity contribution in [3.63, 3.8) is 0 Å². The van der Waals surface area contributed by atoms with Crippen LogP contribution in [0.25, 0.3) is 11.3 Å². The Morgan fingerprint density at radius 3 is 2.75 bits per heavy atom. The second-order valence-corrected chi connectivity index (χ2v) is 7.22. The molecule has 2 aromatic heterocycles. The molecule has 0 spiro atoms. The molecule has 0 aliphatic heterocycles. The third-order valence-electron chi connectivity index (χ3n) is 3.69. The fourth-order valence-corrected chi connectivity index (χ4v) is 3.67. The zero-order valence-electron chi connectivity index (χ0n) is 13.8. The monoisotopic (exact) mass is 353 g/mol. The Morgan fingerprint density at radius 2 is 2.04 bits per heavy atom. The number of thiophene rings is 1. The summed E-state index contributed by atoms with van der Waals surface area (Å²) < 4.78 is 1.91. The summed E-state index contributed by atoms with van der Waals surface area (Å²) in [6.07, 6.45) is 3.68. The van der Waals surface area contributed by atoms with Crippen molar-refractivity contribution in [2.45, 2.75) is 13.8 Å². The maximum Gasteiger partial charge on any atom is 0.206 e. The van der Waals surface area contributed by atoms with Crippen LogP contribution in [-0.4, -0.2) is 17.4 Å². The van der Waals surface area contributed by atoms with Crippen LogP contribution in [0.2, 0.25) is 0 Å². The van der Waals surface area contributed by atoms with E-state index in [-0.39, 0.29) is 0 Å². The lowest BCUT2D eigenvalue weighted by Gasteiger charge is -2.06. The molecule has 2 heterocycles. The molecule has 0 saturated carbocycles. The van der Waals surface area contributed by atoms with Crippen LogP contribution in [0.3, 0.4) is 0 Å². The number of benzene rings is 1. The van der Waals surface area contributed by atoms with E-state index in [0.29, 0.717) is 6.54 Å². The first-order valence-electron chi connectivity index (χ1n) is 7.66. The van der Waals surface area contributed by atoms with Crippen molar-refractivity contribution in [2.75, 3.05) is 6.54 Å². The summed E-state index contributed by atoms with van der Waals surface area (Å²) in [5, 5.41) is 8.83. The molecular weight excluding hydrogens is 334 g/mol. The minimum Gasteiger partial charge on any atom is -0.253 e. The molecule has 122 valence electrons. The Balaban J connectivity index is 2.10. The van der Waals surface area contributed by atoms with Crippen molar-refractivity contribution in [3.05, 3.63) is 74.6 Å². The largest absolute Gasteiger partial charge is 0.253 e. The molecule has 0 unspecified atom stereocenters. The van der Waals surface area contributed by atoms with Gasteiger partial charge < -0.3 is 0 Å². The predicted molar refractivity (Wildman–Crippen MR) is 105 cm³/mol. The lowest BCUT2D eigenvalue weighted by Crippen LogP contribution is -2.12. The van der Waals surface area contributed by atoms with Gasteiger partial charge in [-0.1, -0.05) is 24.3 Å². The van der Waals surface area contributed by atoms with E-state index in [1.165, 1.54) is 11.1 Å². The summed E-state index contributed by atoms with van der Waals surface area (Å²) in [7, 11) is 0. The zero-order chi connectivity index (χ0) is 16.9. The van der Waals surface area contributed by atoms with Crippen LogP contribution >= 0.6 is 22.7 Å². The van der Waals surface area contributed by atoms with Gasteiger partial charge in [-0.25, -0.2) is 4.68 Å². The predicted octanol–water partition coefficient (Wildman–Crippen LogP) is 4.86. The number of aromatic nitrogens is 1. The molecule has 1 aromatic carbocycles. The highest BCUT2D eigenvalue weighted by atomic mass is 32.1. The molecule has 3 rings (SSSR count). The highest BCUT2D eigenvalue weighted by Crippen LogP contribution is 2.23. The van der Waals surface area contributed by atoms with E-state index in [2.05, 4.69) is 60.2 Å². The van der Waals surface area contributed by atoms with Crippen LogP contribution in [0.5, 0.6) is 0 Å². The normalized spacial score (nSPS) is 12.2. The number of thiazole rings is 1. The molecule has 0 fully saturated rings. The Kier molecular flexibility index (Phi) is 5.23. The molecule has 0 saturated heterocycles. The van der Waals surface area contributed by atoms with Gasteiger partial charge in [0.05, 0.1) is 18.5 Å². The minimum atomic E-state index is 0.585. The highest BCUT2D eigenvalue weighted by molar-refractivity contribution is 7.11. The van der Waals surface area contributed by atoms with Crippen molar-refractivity contribution in [2.24, 2.45) is 10.1 Å². The van der Waals surface area contributed by atoms with Crippen molar-refractivity contribution in [1.29, 1.82) is 0 Å². The van der Waals surface area contributed by atoms with Crippen molar-refractivity contribution >= 4 is 28.9 Å². The fourth-order valence-electron chi connectivity index (χ4n) is 2.24. The van der Waals surface area contributed by atoms with Crippen LogP contribution in [0.4, 0.5) is 0 Å². The van der Waals surface area contributed by atoms with E-state index < -0.39 is 0 Å². The maximum atomic E-state index is 4.67. The SMILES string of the molecule is C=CCN=c1scc(-c2ccc(C)c(C)c2)n1N=Cc1cccs1. The summed E-state index contributed by atoms with van der Waals surface area (Å²) in [6, 6.07) is 10.6. The molecule has 24 heavy (non-hydrogen) atoms. The van der Waals surface area contributed by atoms with Crippen molar-refractivity contribution in [3.8, 4) is 11.3 Å². The lowest BCUT2D eigenvalue weighted by atomic mass is 10.1. The van der Waals surface area contributed by atoms with Gasteiger partial charge in [0.25, 0.3) is 0 Å². The van der Waals surface area contributed by atoms with Gasteiger partial charge in [-0.15, -0.1) is 29.3 Å². The molecule has 3 nitrogen and oxygen atoms in total. The summed E-state index contributed by atoms with van der Waals surface area (Å²) in [4.78, 5) is 6.55. The van der Waals surface area contributed by atoms with E-state index in [9.17, 15) is 0 Å². The van der Waals surface area contributed by atoms with Crippen LogP contribution in [0.1, 0.15) is 16.0 Å². The van der Waals surface area contributed by atoms with Crippen LogP contribution in [-0.2, 0) is 0 Å². The van der Waals surface area contributed by atoms with Crippen LogP contribution in [0, 0.1) is 13.8 Å². The number of rotatable bonds is 5. The van der Waals surface area contributed by atoms with Crippen LogP contribution in [0.15, 0.2) is 63.8 Å². The maximum absolute atomic E-state index is 4.67. The van der Waals surface area contributed by atoms with Gasteiger partial charge in [-0.3, -0.25) is 4.99 Å². The summed E-state index contributed by atoms with van der Waals surface area (Å²) in [5.74, 6) is 0. The smallest absolute Gasteiger partial charge is 0.206 e. The average Bonchev–Trinajstić information content (AvgIpc) is 3.23. The van der Waals surface area contributed by atoms with Gasteiger partial charge in [-0.05, 0) is 42.5 Å². The summed E-state index contributed by atoms with van der Waals surface area (Å²) >= 11 is 3.26. The summed E-state index contributed by atoms with van der Waals surface area (Å²) in [5.41, 5.74) is 4.77. The molecule has 5 heteroatoms. The fraction of sp³-hybridized carbons (Fsp3) is 0.158. The van der Waals surface area contributed by atoms with Gasteiger partial charge in [0, 0.05) is 15.8 Å². The number of aryl methyl sites for hydroxylation is 2. The second-order valence-electron chi connectivity index (χ2n) is 5.40. The number of hydrogen-bond acceptors (Lipinski definition) is 4. The molecule has 0 N–H and O–H groups in total. The Bertz CT molecular complexity index is 928. The first-order valence-corrected chi connectivity index (χ1v) is 9.42. The van der Waals surface area contributed by atoms with Crippen molar-refractivity contribution < 1.29 is 0 Å². The molecule has 0 atom stereocenters. The molecular formula is C19H19N3S2. The Labute approximate surface area is 150 Å². The zero-order valence-corrected chi connectivity index (χ0v) is 15.4. The Morgan fingerprint density at radius 1 is 1.17 bits per heavy atom. The van der Waals surface area contributed by atoms with E-state index in [1.54, 1.807) is 28.7 Å². The molecule has 0 amide bonds. The van der Waals surface area contributed by atoms with Crippen LogP contribution < -0.4 is 4.80 Å². The first kappa shape index (κ1) is 16.6. The van der Waals surface area contributed by atoms with E-state index in [1.807, 2.05) is 22.3 Å². The number of hydrogen-bond donors (Lipinski definition) is 0. The molecule has 3 aromatic rings. The second kappa shape index (κ2) is 7.55. The van der Waals surface area contributed by atoms with E-state index in [4.69, 9.17) is 0 Å². The molecule has 0 bridgehead atoms. The quantitative estimate of drug-likeness (QED) is 0.463. The third kappa shape index (κ3) is 3.63. The lowest BCUT2D eigenvalue weighted by molar-refractivity contribution is 0.840. The van der Waals surface area contributed by atoms with Gasteiger partial charge >= 0.3 is 0 Å². The minimum absolute atomic E-state index is 0.585. The average molecular weight is 354 g/mol. The van der Waals surface area contributed by atoms with E-state index in [0.717, 1.165) is 20.9 Å². The third-order valence-corrected chi connectivity index (χ3v) is 5.35. The molecule has 0 aliphatic rings. The number of nitrogens with zero attached hydrogens (tertiary/aromatic N) is 3. The molecule has 0 radical (unpaired) electrons.